The van der Waals surface area contributed by atoms with E-state index in [2.05, 4.69) is 20.7 Å². The molecule has 2 aromatic rings. The molecule has 0 bridgehead atoms. The molecule has 0 saturated carbocycles. The van der Waals surface area contributed by atoms with Gasteiger partial charge in [-0.3, -0.25) is 14.9 Å². The van der Waals surface area contributed by atoms with E-state index in [1.165, 1.54) is 14.2 Å². The van der Waals surface area contributed by atoms with Crippen molar-refractivity contribution in [3.63, 3.8) is 0 Å². The van der Waals surface area contributed by atoms with Crippen LogP contribution in [0, 0.1) is 12.8 Å². The van der Waals surface area contributed by atoms with Crippen molar-refractivity contribution in [2.45, 2.75) is 19.9 Å². The van der Waals surface area contributed by atoms with Gasteiger partial charge in [0.1, 0.15) is 17.3 Å². The SMILES string of the molecule is COc1ccc(OC)c(NC(=O)C[C@@H]2Cn3nc(C)nc3NC2=O)c1. The maximum absolute atomic E-state index is 12.4. The summed E-state index contributed by atoms with van der Waals surface area (Å²) in [6, 6.07) is 5.10. The van der Waals surface area contributed by atoms with Gasteiger partial charge in [0.25, 0.3) is 0 Å². The number of benzene rings is 1. The summed E-state index contributed by atoms with van der Waals surface area (Å²) in [7, 11) is 3.05. The Morgan fingerprint density at radius 2 is 2.20 bits per heavy atom. The summed E-state index contributed by atoms with van der Waals surface area (Å²) in [6.45, 7) is 2.05. The third kappa shape index (κ3) is 3.54. The summed E-state index contributed by atoms with van der Waals surface area (Å²) >= 11 is 0. The van der Waals surface area contributed by atoms with Crippen molar-refractivity contribution < 1.29 is 19.1 Å². The van der Waals surface area contributed by atoms with Crippen LogP contribution >= 0.6 is 0 Å². The third-order valence-corrected chi connectivity index (χ3v) is 3.89. The van der Waals surface area contributed by atoms with Crippen LogP contribution < -0.4 is 20.1 Å². The molecule has 25 heavy (non-hydrogen) atoms. The second kappa shape index (κ2) is 6.80. The van der Waals surface area contributed by atoms with Gasteiger partial charge in [0.05, 0.1) is 32.4 Å². The molecule has 1 atom stereocenters. The molecule has 2 heterocycles. The zero-order valence-electron chi connectivity index (χ0n) is 14.2. The number of hydrogen-bond acceptors (Lipinski definition) is 6. The quantitative estimate of drug-likeness (QED) is 0.843. The number of rotatable bonds is 5. The first-order valence-corrected chi connectivity index (χ1v) is 7.74. The zero-order valence-corrected chi connectivity index (χ0v) is 14.2. The van der Waals surface area contributed by atoms with Crippen LogP contribution in [0.15, 0.2) is 18.2 Å². The molecule has 0 fully saturated rings. The molecule has 2 N–H and O–H groups in total. The van der Waals surface area contributed by atoms with Crippen molar-refractivity contribution in [3.05, 3.63) is 24.0 Å². The van der Waals surface area contributed by atoms with E-state index >= 15 is 0 Å². The monoisotopic (exact) mass is 345 g/mol. The Morgan fingerprint density at radius 3 is 2.92 bits per heavy atom. The molecule has 0 spiro atoms. The number of anilines is 2. The van der Waals surface area contributed by atoms with Crippen LogP contribution in [0.4, 0.5) is 11.6 Å². The van der Waals surface area contributed by atoms with Crippen molar-refractivity contribution in [1.29, 1.82) is 0 Å². The number of carbonyl (C=O) groups is 2. The first-order chi connectivity index (χ1) is 12.0. The molecule has 3 rings (SSSR count). The van der Waals surface area contributed by atoms with E-state index in [-0.39, 0.29) is 18.2 Å². The van der Waals surface area contributed by atoms with Gasteiger partial charge in [-0.1, -0.05) is 0 Å². The summed E-state index contributed by atoms with van der Waals surface area (Å²) in [5.74, 6) is 1.02. The molecule has 0 aliphatic carbocycles. The second-order valence-corrected chi connectivity index (χ2v) is 5.67. The Balaban J connectivity index is 1.70. The second-order valence-electron chi connectivity index (χ2n) is 5.67. The number of aryl methyl sites for hydroxylation is 1. The van der Waals surface area contributed by atoms with Crippen LogP contribution in [0.3, 0.4) is 0 Å². The molecule has 2 amide bonds. The highest BCUT2D eigenvalue weighted by atomic mass is 16.5. The van der Waals surface area contributed by atoms with Crippen molar-refractivity contribution in [2.75, 3.05) is 24.9 Å². The standard InChI is InChI=1S/C16H19N5O4/c1-9-17-16-19-15(23)10(8-21(16)20-9)6-14(22)18-12-7-11(24-2)4-5-13(12)25-3/h4-5,7,10H,6,8H2,1-3H3,(H,18,22)(H,17,19,20,23)/t10-/m1/s1. The summed E-state index contributed by atoms with van der Waals surface area (Å²) in [5.41, 5.74) is 0.486. The van der Waals surface area contributed by atoms with Gasteiger partial charge in [0, 0.05) is 12.5 Å². The Morgan fingerprint density at radius 1 is 1.40 bits per heavy atom. The van der Waals surface area contributed by atoms with Gasteiger partial charge < -0.3 is 14.8 Å². The molecule has 1 aromatic carbocycles. The normalized spacial score (nSPS) is 16.0. The van der Waals surface area contributed by atoms with Crippen LogP contribution in [0.25, 0.3) is 0 Å². The summed E-state index contributed by atoms with van der Waals surface area (Å²) in [4.78, 5) is 28.7. The van der Waals surface area contributed by atoms with Gasteiger partial charge in [0.2, 0.25) is 17.8 Å². The first-order valence-electron chi connectivity index (χ1n) is 7.74. The lowest BCUT2D eigenvalue weighted by molar-refractivity contribution is -0.126. The van der Waals surface area contributed by atoms with Crippen molar-refractivity contribution in [1.82, 2.24) is 14.8 Å². The predicted molar refractivity (Wildman–Crippen MR) is 89.7 cm³/mol. The molecule has 132 valence electrons. The molecular weight excluding hydrogens is 326 g/mol. The smallest absolute Gasteiger partial charge is 0.232 e. The van der Waals surface area contributed by atoms with Gasteiger partial charge in [-0.25, -0.2) is 4.68 Å². The lowest BCUT2D eigenvalue weighted by atomic mass is 10.0. The van der Waals surface area contributed by atoms with Crippen molar-refractivity contribution in [2.24, 2.45) is 5.92 Å². The lowest BCUT2D eigenvalue weighted by Crippen LogP contribution is -2.36. The Bertz CT molecular complexity index is 817. The fraction of sp³-hybridized carbons (Fsp3) is 0.375. The summed E-state index contributed by atoms with van der Waals surface area (Å²) in [6.07, 6.45) is 0.0184. The van der Waals surface area contributed by atoms with E-state index in [0.717, 1.165) is 0 Å². The van der Waals surface area contributed by atoms with E-state index in [1.807, 2.05) is 0 Å². The maximum atomic E-state index is 12.4. The van der Waals surface area contributed by atoms with Gasteiger partial charge in [0.15, 0.2) is 0 Å². The Hall–Kier alpha value is -3.10. The van der Waals surface area contributed by atoms with Gasteiger partial charge in [-0.15, -0.1) is 0 Å². The molecule has 9 nitrogen and oxygen atoms in total. The van der Waals surface area contributed by atoms with Gasteiger partial charge in [-0.05, 0) is 19.1 Å². The lowest BCUT2D eigenvalue weighted by Gasteiger charge is -2.22. The first kappa shape index (κ1) is 16.7. The third-order valence-electron chi connectivity index (χ3n) is 3.89. The Labute approximate surface area is 144 Å². The molecule has 9 heteroatoms. The van der Waals surface area contributed by atoms with Crippen LogP contribution in [-0.2, 0) is 16.1 Å². The molecule has 0 radical (unpaired) electrons. The largest absolute Gasteiger partial charge is 0.497 e. The highest BCUT2D eigenvalue weighted by molar-refractivity contribution is 5.98. The minimum atomic E-state index is -0.523. The minimum Gasteiger partial charge on any atom is -0.497 e. The molecule has 0 unspecified atom stereocenters. The van der Waals surface area contributed by atoms with E-state index in [1.54, 1.807) is 29.8 Å². The summed E-state index contributed by atoms with van der Waals surface area (Å²) < 4.78 is 12.0. The van der Waals surface area contributed by atoms with Crippen LogP contribution in [-0.4, -0.2) is 40.8 Å². The highest BCUT2D eigenvalue weighted by Gasteiger charge is 2.30. The number of aromatic nitrogens is 3. The topological polar surface area (TPSA) is 107 Å². The number of ether oxygens (including phenoxy) is 2. The number of hydrogen-bond donors (Lipinski definition) is 2. The maximum Gasteiger partial charge on any atom is 0.232 e. The van der Waals surface area contributed by atoms with Crippen molar-refractivity contribution >= 4 is 23.5 Å². The number of fused-ring (bicyclic) bond motifs is 1. The average molecular weight is 345 g/mol. The number of nitrogens with zero attached hydrogens (tertiary/aromatic N) is 3. The number of amides is 2. The van der Waals surface area contributed by atoms with E-state index in [0.29, 0.717) is 35.5 Å². The summed E-state index contributed by atoms with van der Waals surface area (Å²) in [5, 5.41) is 9.63. The molecule has 0 saturated heterocycles. The number of nitrogens with one attached hydrogen (secondary N) is 2. The highest BCUT2D eigenvalue weighted by Crippen LogP contribution is 2.29. The van der Waals surface area contributed by atoms with Crippen LogP contribution in [0.5, 0.6) is 11.5 Å². The average Bonchev–Trinajstić information content (AvgIpc) is 2.93. The minimum absolute atomic E-state index is 0.0184. The predicted octanol–water partition coefficient (Wildman–Crippen LogP) is 1.20. The molecular formula is C16H19N5O4. The van der Waals surface area contributed by atoms with Gasteiger partial charge >= 0.3 is 0 Å². The number of carbonyl (C=O) groups excluding carboxylic acids is 2. The van der Waals surface area contributed by atoms with Crippen LogP contribution in [0.1, 0.15) is 12.2 Å². The fourth-order valence-electron chi connectivity index (χ4n) is 2.67. The molecule has 1 aliphatic rings. The number of methoxy groups -OCH3 is 2. The van der Waals surface area contributed by atoms with Crippen molar-refractivity contribution in [3.8, 4) is 11.5 Å². The van der Waals surface area contributed by atoms with E-state index in [9.17, 15) is 9.59 Å². The van der Waals surface area contributed by atoms with Gasteiger partial charge in [-0.2, -0.15) is 10.1 Å². The Kier molecular flexibility index (Phi) is 4.55. The fourth-order valence-corrected chi connectivity index (χ4v) is 2.67. The van der Waals surface area contributed by atoms with E-state index in [4.69, 9.17) is 9.47 Å². The van der Waals surface area contributed by atoms with E-state index < -0.39 is 5.92 Å². The van der Waals surface area contributed by atoms with Crippen LogP contribution in [0.2, 0.25) is 0 Å². The molecule has 1 aromatic heterocycles. The zero-order chi connectivity index (χ0) is 18.0. The molecule has 1 aliphatic heterocycles.